The van der Waals surface area contributed by atoms with Crippen molar-refractivity contribution in [1.29, 1.82) is 0 Å². The summed E-state index contributed by atoms with van der Waals surface area (Å²) in [6.45, 7) is 6.68. The summed E-state index contributed by atoms with van der Waals surface area (Å²) in [6.07, 6.45) is -0.260. The van der Waals surface area contributed by atoms with Gasteiger partial charge in [-0.25, -0.2) is 9.78 Å². The van der Waals surface area contributed by atoms with Gasteiger partial charge >= 0.3 is 6.09 Å². The van der Waals surface area contributed by atoms with Crippen LogP contribution in [0.15, 0.2) is 30.3 Å². The van der Waals surface area contributed by atoms with Crippen molar-refractivity contribution in [3.63, 3.8) is 0 Å². The van der Waals surface area contributed by atoms with Crippen LogP contribution in [0.2, 0.25) is 0 Å². The van der Waals surface area contributed by atoms with Crippen molar-refractivity contribution in [2.24, 2.45) is 0 Å². The molecule has 0 spiro atoms. The van der Waals surface area contributed by atoms with Gasteiger partial charge in [0.2, 0.25) is 5.95 Å². The molecule has 3 rings (SSSR count). The minimum Gasteiger partial charge on any atom is -0.497 e. The lowest BCUT2D eigenvalue weighted by Crippen LogP contribution is -2.49. The Bertz CT molecular complexity index is 773. The molecule has 1 aromatic carbocycles. The summed E-state index contributed by atoms with van der Waals surface area (Å²) >= 11 is 0. The van der Waals surface area contributed by atoms with Gasteiger partial charge in [0.25, 0.3) is 0 Å². The number of rotatable bonds is 5. The van der Waals surface area contributed by atoms with Crippen LogP contribution in [0.1, 0.15) is 12.6 Å². The van der Waals surface area contributed by atoms with E-state index in [2.05, 4.69) is 20.2 Å². The second-order valence-corrected chi connectivity index (χ2v) is 6.22. The fourth-order valence-electron chi connectivity index (χ4n) is 2.88. The highest BCUT2D eigenvalue weighted by molar-refractivity contribution is 5.68. The van der Waals surface area contributed by atoms with E-state index in [1.54, 1.807) is 12.0 Å². The number of anilines is 3. The molecule has 1 saturated heterocycles. The number of methoxy groups -OCH3 is 1. The predicted molar refractivity (Wildman–Crippen MR) is 104 cm³/mol. The Morgan fingerprint density at radius 2 is 1.85 bits per heavy atom. The van der Waals surface area contributed by atoms with Gasteiger partial charge in [0, 0.05) is 43.6 Å². The van der Waals surface area contributed by atoms with Crippen LogP contribution in [0.25, 0.3) is 0 Å². The second-order valence-electron chi connectivity index (χ2n) is 6.22. The number of ether oxygens (including phenoxy) is 2. The van der Waals surface area contributed by atoms with Crippen molar-refractivity contribution in [2.45, 2.75) is 13.8 Å². The molecule has 27 heavy (non-hydrogen) atoms. The molecule has 0 aliphatic carbocycles. The molecule has 1 N–H and O–H groups in total. The topological polar surface area (TPSA) is 79.8 Å². The van der Waals surface area contributed by atoms with E-state index in [9.17, 15) is 4.79 Å². The maximum Gasteiger partial charge on any atom is 0.409 e. The van der Waals surface area contributed by atoms with E-state index in [4.69, 9.17) is 9.47 Å². The number of amides is 1. The fourth-order valence-corrected chi connectivity index (χ4v) is 2.88. The minimum absolute atomic E-state index is 0.260. The Balaban J connectivity index is 1.67. The Hall–Kier alpha value is -3.03. The van der Waals surface area contributed by atoms with Crippen LogP contribution in [0.3, 0.4) is 0 Å². The van der Waals surface area contributed by atoms with Crippen molar-refractivity contribution in [3.8, 4) is 5.75 Å². The lowest BCUT2D eigenvalue weighted by Gasteiger charge is -2.34. The summed E-state index contributed by atoms with van der Waals surface area (Å²) in [6, 6.07) is 9.57. The number of carbonyl (C=O) groups is 1. The number of piperazine rings is 1. The minimum atomic E-state index is -0.260. The molecule has 0 atom stereocenters. The summed E-state index contributed by atoms with van der Waals surface area (Å²) in [5.41, 5.74) is 1.80. The first-order chi connectivity index (χ1) is 13.1. The average Bonchev–Trinajstić information content (AvgIpc) is 2.68. The van der Waals surface area contributed by atoms with Gasteiger partial charge in [0.15, 0.2) is 0 Å². The smallest absolute Gasteiger partial charge is 0.409 e. The van der Waals surface area contributed by atoms with E-state index >= 15 is 0 Å². The SMILES string of the molecule is CCOC(=O)N1CCN(c2nc(C)cc(Nc3ccc(OC)cc3)n2)CC1. The first-order valence-electron chi connectivity index (χ1n) is 9.02. The zero-order valence-electron chi connectivity index (χ0n) is 15.9. The number of aromatic nitrogens is 2. The molecule has 1 aliphatic rings. The fraction of sp³-hybridized carbons (Fsp3) is 0.421. The van der Waals surface area contributed by atoms with Crippen LogP contribution in [0.5, 0.6) is 5.75 Å². The lowest BCUT2D eigenvalue weighted by atomic mass is 10.3. The largest absolute Gasteiger partial charge is 0.497 e. The van der Waals surface area contributed by atoms with Gasteiger partial charge in [0.05, 0.1) is 13.7 Å². The van der Waals surface area contributed by atoms with Crippen LogP contribution >= 0.6 is 0 Å². The Morgan fingerprint density at radius 3 is 2.48 bits per heavy atom. The van der Waals surface area contributed by atoms with E-state index in [1.807, 2.05) is 44.2 Å². The van der Waals surface area contributed by atoms with Crippen LogP contribution in [0.4, 0.5) is 22.2 Å². The Kier molecular flexibility index (Phi) is 5.95. The molecule has 1 aliphatic heterocycles. The highest BCUT2D eigenvalue weighted by atomic mass is 16.6. The normalized spacial score (nSPS) is 14.0. The van der Waals surface area contributed by atoms with Crippen LogP contribution in [0, 0.1) is 6.92 Å². The van der Waals surface area contributed by atoms with E-state index in [0.29, 0.717) is 38.7 Å². The Labute approximate surface area is 159 Å². The third-order valence-corrected chi connectivity index (χ3v) is 4.29. The Morgan fingerprint density at radius 1 is 1.15 bits per heavy atom. The first kappa shape index (κ1) is 18.8. The number of benzene rings is 1. The zero-order valence-corrected chi connectivity index (χ0v) is 15.9. The average molecular weight is 371 g/mol. The molecule has 1 aromatic heterocycles. The summed E-state index contributed by atoms with van der Waals surface area (Å²) in [5.74, 6) is 2.20. The number of hydrogen-bond donors (Lipinski definition) is 1. The quantitative estimate of drug-likeness (QED) is 0.866. The molecule has 8 nitrogen and oxygen atoms in total. The molecule has 0 unspecified atom stereocenters. The molecule has 144 valence electrons. The molecule has 0 bridgehead atoms. The van der Waals surface area contributed by atoms with E-state index in [1.165, 1.54) is 0 Å². The van der Waals surface area contributed by atoms with Crippen LogP contribution in [-0.4, -0.2) is 60.9 Å². The zero-order chi connectivity index (χ0) is 19.2. The molecule has 2 heterocycles. The number of hydrogen-bond acceptors (Lipinski definition) is 7. The second kappa shape index (κ2) is 8.57. The van der Waals surface area contributed by atoms with Gasteiger partial charge in [-0.2, -0.15) is 4.98 Å². The van der Waals surface area contributed by atoms with E-state index in [0.717, 1.165) is 22.9 Å². The molecular formula is C19H25N5O3. The van der Waals surface area contributed by atoms with Crippen LogP contribution < -0.4 is 15.0 Å². The van der Waals surface area contributed by atoms with Gasteiger partial charge in [0.1, 0.15) is 11.6 Å². The lowest BCUT2D eigenvalue weighted by molar-refractivity contribution is 0.105. The van der Waals surface area contributed by atoms with E-state index < -0.39 is 0 Å². The molecule has 2 aromatic rings. The standard InChI is InChI=1S/C19H25N5O3/c1-4-27-19(25)24-11-9-23(10-12-24)18-20-14(2)13-17(22-18)21-15-5-7-16(26-3)8-6-15/h5-8,13H,4,9-12H2,1-3H3,(H,20,21,22). The van der Waals surface area contributed by atoms with Gasteiger partial charge in [-0.1, -0.05) is 0 Å². The van der Waals surface area contributed by atoms with E-state index in [-0.39, 0.29) is 6.09 Å². The van der Waals surface area contributed by atoms with Crippen molar-refractivity contribution in [3.05, 3.63) is 36.0 Å². The summed E-state index contributed by atoms with van der Waals surface area (Å²) in [7, 11) is 1.64. The van der Waals surface area contributed by atoms with Crippen molar-refractivity contribution in [2.75, 3.05) is 50.1 Å². The molecule has 1 amide bonds. The molecule has 0 saturated carbocycles. The highest BCUT2D eigenvalue weighted by Gasteiger charge is 2.23. The van der Waals surface area contributed by atoms with Gasteiger partial charge in [-0.3, -0.25) is 0 Å². The summed E-state index contributed by atoms with van der Waals surface area (Å²) in [5, 5.41) is 3.30. The monoisotopic (exact) mass is 371 g/mol. The van der Waals surface area contributed by atoms with Gasteiger partial charge in [-0.15, -0.1) is 0 Å². The third-order valence-electron chi connectivity index (χ3n) is 4.29. The third kappa shape index (κ3) is 4.78. The first-order valence-corrected chi connectivity index (χ1v) is 9.02. The molecule has 1 fully saturated rings. The highest BCUT2D eigenvalue weighted by Crippen LogP contribution is 2.21. The van der Waals surface area contributed by atoms with Crippen molar-refractivity contribution in [1.82, 2.24) is 14.9 Å². The maximum absolute atomic E-state index is 11.8. The van der Waals surface area contributed by atoms with Gasteiger partial charge in [-0.05, 0) is 38.1 Å². The summed E-state index contributed by atoms with van der Waals surface area (Å²) < 4.78 is 10.2. The number of nitrogens with zero attached hydrogens (tertiary/aromatic N) is 4. The van der Waals surface area contributed by atoms with Crippen LogP contribution in [-0.2, 0) is 4.74 Å². The molecular weight excluding hydrogens is 346 g/mol. The predicted octanol–water partition coefficient (Wildman–Crippen LogP) is 2.82. The van der Waals surface area contributed by atoms with Crippen molar-refractivity contribution >= 4 is 23.5 Å². The molecule has 0 radical (unpaired) electrons. The number of aryl methyl sites for hydroxylation is 1. The van der Waals surface area contributed by atoms with Crippen molar-refractivity contribution < 1.29 is 14.3 Å². The number of nitrogens with one attached hydrogen (secondary N) is 1. The number of carbonyl (C=O) groups excluding carboxylic acids is 1. The van der Waals surface area contributed by atoms with Gasteiger partial charge < -0.3 is 24.6 Å². The maximum atomic E-state index is 11.8. The summed E-state index contributed by atoms with van der Waals surface area (Å²) in [4.78, 5) is 24.8. The molecule has 8 heteroatoms.